The van der Waals surface area contributed by atoms with Crippen molar-refractivity contribution in [2.24, 2.45) is 5.73 Å². The Hall–Kier alpha value is -1.66. The summed E-state index contributed by atoms with van der Waals surface area (Å²) in [6.45, 7) is 2.71. The molecule has 6 nitrogen and oxygen atoms in total. The molecule has 0 aliphatic rings. The zero-order valence-electron chi connectivity index (χ0n) is 10.6. The molecule has 0 spiro atoms. The molecule has 2 N–H and O–H groups in total. The molecule has 1 aromatic carbocycles. The van der Waals surface area contributed by atoms with Gasteiger partial charge in [-0.15, -0.1) is 0 Å². The molecule has 0 aromatic heterocycles. The van der Waals surface area contributed by atoms with E-state index in [4.69, 9.17) is 15.2 Å². The summed E-state index contributed by atoms with van der Waals surface area (Å²) in [5.74, 6) is 0.256. The second-order valence-electron chi connectivity index (χ2n) is 3.97. The Morgan fingerprint density at radius 1 is 1.50 bits per heavy atom. The van der Waals surface area contributed by atoms with Crippen LogP contribution in [0.15, 0.2) is 18.2 Å². The molecule has 0 radical (unpaired) electrons. The summed E-state index contributed by atoms with van der Waals surface area (Å²) in [6, 6.07) is 4.66. The van der Waals surface area contributed by atoms with E-state index in [1.54, 1.807) is 19.2 Å². The van der Waals surface area contributed by atoms with Crippen molar-refractivity contribution in [1.82, 2.24) is 0 Å². The molecule has 0 fully saturated rings. The molecule has 0 heterocycles. The average molecular weight is 254 g/mol. The van der Waals surface area contributed by atoms with Gasteiger partial charge in [-0.3, -0.25) is 10.1 Å². The van der Waals surface area contributed by atoms with Crippen LogP contribution in [0.4, 0.5) is 5.69 Å². The van der Waals surface area contributed by atoms with Crippen LogP contribution in [-0.2, 0) is 11.3 Å². The van der Waals surface area contributed by atoms with Crippen LogP contribution in [0.3, 0.4) is 0 Å². The molecule has 0 aliphatic carbocycles. The van der Waals surface area contributed by atoms with Crippen LogP contribution in [-0.4, -0.2) is 24.7 Å². The number of nitrogens with two attached hydrogens (primary N) is 1. The van der Waals surface area contributed by atoms with Crippen molar-refractivity contribution in [3.63, 3.8) is 0 Å². The second-order valence-corrected chi connectivity index (χ2v) is 3.97. The molecule has 1 unspecified atom stereocenters. The third-order valence-corrected chi connectivity index (χ3v) is 2.51. The van der Waals surface area contributed by atoms with Crippen LogP contribution >= 0.6 is 0 Å². The van der Waals surface area contributed by atoms with Crippen LogP contribution < -0.4 is 10.5 Å². The SMILES string of the molecule is COCCC(C)Oc1cc(CN)ccc1[N+](=O)[O-]. The maximum absolute atomic E-state index is 10.9. The summed E-state index contributed by atoms with van der Waals surface area (Å²) in [5.41, 5.74) is 6.27. The van der Waals surface area contributed by atoms with Crippen LogP contribution in [0.5, 0.6) is 5.75 Å². The lowest BCUT2D eigenvalue weighted by Crippen LogP contribution is -2.15. The lowest BCUT2D eigenvalue weighted by Gasteiger charge is -2.14. The predicted molar refractivity (Wildman–Crippen MR) is 67.6 cm³/mol. The summed E-state index contributed by atoms with van der Waals surface area (Å²) in [6.07, 6.45) is 0.511. The fraction of sp³-hybridized carbons (Fsp3) is 0.500. The van der Waals surface area contributed by atoms with Gasteiger partial charge in [0.05, 0.1) is 11.0 Å². The van der Waals surface area contributed by atoms with Gasteiger partial charge in [-0.05, 0) is 18.6 Å². The zero-order valence-corrected chi connectivity index (χ0v) is 10.6. The first-order valence-electron chi connectivity index (χ1n) is 5.71. The summed E-state index contributed by atoms with van der Waals surface area (Å²) in [7, 11) is 1.60. The Balaban J connectivity index is 2.86. The van der Waals surface area contributed by atoms with Gasteiger partial charge in [0.15, 0.2) is 5.75 Å². The van der Waals surface area contributed by atoms with Crippen LogP contribution in [0.1, 0.15) is 18.9 Å². The van der Waals surface area contributed by atoms with E-state index in [9.17, 15) is 10.1 Å². The number of nitrogens with zero attached hydrogens (tertiary/aromatic N) is 1. The van der Waals surface area contributed by atoms with Crippen molar-refractivity contribution in [2.75, 3.05) is 13.7 Å². The molecule has 100 valence electrons. The highest BCUT2D eigenvalue weighted by Gasteiger charge is 2.17. The van der Waals surface area contributed by atoms with Crippen LogP contribution in [0.2, 0.25) is 0 Å². The number of nitro benzene ring substituents is 1. The van der Waals surface area contributed by atoms with Gasteiger partial charge in [0, 0.05) is 32.7 Å². The standard InChI is InChI=1S/C12H18N2O4/c1-9(5-6-17-2)18-12-7-10(8-13)3-4-11(12)14(15)16/h3-4,7,9H,5-6,8,13H2,1-2H3. The van der Waals surface area contributed by atoms with E-state index < -0.39 is 4.92 Å². The van der Waals surface area contributed by atoms with E-state index >= 15 is 0 Å². The van der Waals surface area contributed by atoms with Crippen molar-refractivity contribution < 1.29 is 14.4 Å². The van der Waals surface area contributed by atoms with E-state index in [-0.39, 0.29) is 17.5 Å². The predicted octanol–water partition coefficient (Wildman–Crippen LogP) is 1.86. The highest BCUT2D eigenvalue weighted by Crippen LogP contribution is 2.29. The number of hydrogen-bond acceptors (Lipinski definition) is 5. The Labute approximate surface area is 106 Å². The average Bonchev–Trinajstić information content (AvgIpc) is 2.35. The normalized spacial score (nSPS) is 12.2. The third kappa shape index (κ3) is 3.97. The summed E-state index contributed by atoms with van der Waals surface area (Å²) in [5, 5.41) is 10.9. The molecular weight excluding hydrogens is 236 g/mol. The first kappa shape index (κ1) is 14.4. The number of rotatable bonds is 7. The summed E-state index contributed by atoms with van der Waals surface area (Å²) in [4.78, 5) is 10.4. The molecular formula is C12H18N2O4. The molecule has 0 saturated heterocycles. The summed E-state index contributed by atoms with van der Waals surface area (Å²) >= 11 is 0. The Kier molecular flexibility index (Phi) is 5.54. The van der Waals surface area contributed by atoms with E-state index in [2.05, 4.69) is 0 Å². The molecule has 18 heavy (non-hydrogen) atoms. The smallest absolute Gasteiger partial charge is 0.310 e. The Morgan fingerprint density at radius 3 is 2.78 bits per heavy atom. The van der Waals surface area contributed by atoms with Crippen LogP contribution in [0.25, 0.3) is 0 Å². The molecule has 0 aliphatic heterocycles. The minimum absolute atomic E-state index is 0.0449. The van der Waals surface area contributed by atoms with Crippen LogP contribution in [0, 0.1) is 10.1 Å². The first-order chi connectivity index (χ1) is 8.58. The van der Waals surface area contributed by atoms with Crippen molar-refractivity contribution >= 4 is 5.69 Å². The van der Waals surface area contributed by atoms with Crippen molar-refractivity contribution in [3.8, 4) is 5.75 Å². The first-order valence-corrected chi connectivity index (χ1v) is 5.71. The van der Waals surface area contributed by atoms with E-state index in [1.165, 1.54) is 6.07 Å². The fourth-order valence-corrected chi connectivity index (χ4v) is 1.49. The zero-order chi connectivity index (χ0) is 13.5. The van der Waals surface area contributed by atoms with Gasteiger partial charge in [-0.25, -0.2) is 0 Å². The minimum atomic E-state index is -0.460. The van der Waals surface area contributed by atoms with Crippen molar-refractivity contribution in [3.05, 3.63) is 33.9 Å². The van der Waals surface area contributed by atoms with Gasteiger partial charge < -0.3 is 15.2 Å². The highest BCUT2D eigenvalue weighted by atomic mass is 16.6. The molecule has 0 bridgehead atoms. The molecule has 0 saturated carbocycles. The number of benzene rings is 1. The monoisotopic (exact) mass is 254 g/mol. The molecule has 6 heteroatoms. The maximum atomic E-state index is 10.9. The van der Waals surface area contributed by atoms with Gasteiger partial charge in [0.25, 0.3) is 0 Å². The number of ether oxygens (including phenoxy) is 2. The molecule has 1 rings (SSSR count). The van der Waals surface area contributed by atoms with Gasteiger partial charge in [0.1, 0.15) is 0 Å². The highest BCUT2D eigenvalue weighted by molar-refractivity contribution is 5.48. The fourth-order valence-electron chi connectivity index (χ4n) is 1.49. The van der Waals surface area contributed by atoms with E-state index in [0.717, 1.165) is 5.56 Å². The van der Waals surface area contributed by atoms with Gasteiger partial charge >= 0.3 is 5.69 Å². The van der Waals surface area contributed by atoms with E-state index in [1.807, 2.05) is 6.92 Å². The third-order valence-electron chi connectivity index (χ3n) is 2.51. The lowest BCUT2D eigenvalue weighted by atomic mass is 10.2. The van der Waals surface area contributed by atoms with E-state index in [0.29, 0.717) is 19.6 Å². The lowest BCUT2D eigenvalue weighted by molar-refractivity contribution is -0.386. The Bertz CT molecular complexity index is 409. The van der Waals surface area contributed by atoms with Crippen molar-refractivity contribution in [1.29, 1.82) is 0 Å². The minimum Gasteiger partial charge on any atom is -0.484 e. The number of hydrogen-bond donors (Lipinski definition) is 1. The molecule has 1 atom stereocenters. The number of nitro groups is 1. The maximum Gasteiger partial charge on any atom is 0.310 e. The van der Waals surface area contributed by atoms with Gasteiger partial charge in [-0.2, -0.15) is 0 Å². The van der Waals surface area contributed by atoms with Gasteiger partial charge in [0.2, 0.25) is 0 Å². The van der Waals surface area contributed by atoms with Crippen molar-refractivity contribution in [2.45, 2.75) is 26.0 Å². The quantitative estimate of drug-likeness (QED) is 0.592. The second kappa shape index (κ2) is 6.93. The topological polar surface area (TPSA) is 87.6 Å². The van der Waals surface area contributed by atoms with Gasteiger partial charge in [-0.1, -0.05) is 6.07 Å². The molecule has 1 aromatic rings. The molecule has 0 amide bonds. The summed E-state index contributed by atoms with van der Waals surface area (Å²) < 4.78 is 10.5. The Morgan fingerprint density at radius 2 is 2.22 bits per heavy atom. The largest absolute Gasteiger partial charge is 0.484 e. The number of methoxy groups -OCH3 is 1.